The number of carbonyl (C=O) groups excluding carboxylic acids is 1. The molecule has 1 fully saturated rings. The molecule has 142 valence electrons. The van der Waals surface area contributed by atoms with Gasteiger partial charge in [-0.05, 0) is 25.8 Å². The highest BCUT2D eigenvalue weighted by Gasteiger charge is 2.31. The van der Waals surface area contributed by atoms with Gasteiger partial charge in [-0.1, -0.05) is 0 Å². The van der Waals surface area contributed by atoms with Gasteiger partial charge < -0.3 is 19.4 Å². The number of nitriles is 1. The molecule has 0 radical (unpaired) electrons. The number of carbonyl (C=O) groups is 1. The number of fused-ring (bicyclic) bond motifs is 1. The third-order valence-electron chi connectivity index (χ3n) is 5.09. The van der Waals surface area contributed by atoms with Crippen LogP contribution in [0.1, 0.15) is 37.9 Å². The number of methoxy groups -OCH3 is 1. The Morgan fingerprint density at radius 1 is 1.44 bits per heavy atom. The highest BCUT2D eigenvalue weighted by molar-refractivity contribution is 5.94. The molecule has 27 heavy (non-hydrogen) atoms. The summed E-state index contributed by atoms with van der Waals surface area (Å²) in [4.78, 5) is 32.4. The number of nitrogens with zero attached hydrogens (tertiary/aromatic N) is 3. The Balaban J connectivity index is 2.08. The van der Waals surface area contributed by atoms with Crippen molar-refractivity contribution in [1.29, 1.82) is 5.26 Å². The fourth-order valence-electron chi connectivity index (χ4n) is 3.32. The molecule has 0 bridgehead atoms. The second-order valence-corrected chi connectivity index (χ2v) is 6.93. The zero-order valence-corrected chi connectivity index (χ0v) is 15.7. The number of aromatic nitrogens is 2. The molecule has 1 N–H and O–H groups in total. The number of ether oxygens (including phenoxy) is 2. The molecule has 2 aromatic rings. The topological polar surface area (TPSA) is 108 Å². The molecular formula is C19H22N4O4. The van der Waals surface area contributed by atoms with Crippen LogP contribution in [0.5, 0.6) is 0 Å². The molecule has 2 aromatic heterocycles. The van der Waals surface area contributed by atoms with Gasteiger partial charge in [0.15, 0.2) is 0 Å². The van der Waals surface area contributed by atoms with Gasteiger partial charge in [0, 0.05) is 32.5 Å². The number of pyridine rings is 2. The van der Waals surface area contributed by atoms with Crippen LogP contribution in [0.25, 0.3) is 10.9 Å². The maximum absolute atomic E-state index is 12.4. The van der Waals surface area contributed by atoms with Crippen LogP contribution in [-0.2, 0) is 20.9 Å². The molecule has 0 spiro atoms. The Hall–Kier alpha value is -2.92. The SMILES string of the molecule is COC1(C)CCN(c2c(C#N)c(=O)[nH]c3cnc(COC(C)=O)cc23)CC1. The van der Waals surface area contributed by atoms with E-state index in [9.17, 15) is 14.9 Å². The van der Waals surface area contributed by atoms with E-state index >= 15 is 0 Å². The molecule has 0 unspecified atom stereocenters. The highest BCUT2D eigenvalue weighted by Crippen LogP contribution is 2.33. The average Bonchev–Trinajstić information content (AvgIpc) is 2.66. The molecule has 0 aromatic carbocycles. The third-order valence-corrected chi connectivity index (χ3v) is 5.09. The van der Waals surface area contributed by atoms with Crippen molar-refractivity contribution in [2.24, 2.45) is 0 Å². The first kappa shape index (κ1) is 18.9. The van der Waals surface area contributed by atoms with Crippen molar-refractivity contribution in [3.05, 3.63) is 33.9 Å². The van der Waals surface area contributed by atoms with Gasteiger partial charge in [0.05, 0.1) is 28.7 Å². The van der Waals surface area contributed by atoms with Crippen LogP contribution in [0, 0.1) is 11.3 Å². The average molecular weight is 370 g/mol. The second kappa shape index (κ2) is 7.37. The Bertz CT molecular complexity index is 968. The fourth-order valence-corrected chi connectivity index (χ4v) is 3.32. The summed E-state index contributed by atoms with van der Waals surface area (Å²) in [5.74, 6) is -0.397. The smallest absolute Gasteiger partial charge is 0.303 e. The van der Waals surface area contributed by atoms with Crippen LogP contribution in [0.3, 0.4) is 0 Å². The van der Waals surface area contributed by atoms with Gasteiger partial charge in [-0.3, -0.25) is 14.6 Å². The normalized spacial score (nSPS) is 16.1. The monoisotopic (exact) mass is 370 g/mol. The Morgan fingerprint density at radius 2 is 2.15 bits per heavy atom. The number of rotatable bonds is 4. The lowest BCUT2D eigenvalue weighted by Gasteiger charge is -2.40. The molecule has 0 atom stereocenters. The summed E-state index contributed by atoms with van der Waals surface area (Å²) in [7, 11) is 1.70. The zero-order chi connectivity index (χ0) is 19.6. The van der Waals surface area contributed by atoms with Gasteiger partial charge in [-0.25, -0.2) is 0 Å². The molecule has 0 amide bonds. The molecule has 1 aliphatic rings. The quantitative estimate of drug-likeness (QED) is 0.818. The van der Waals surface area contributed by atoms with Crippen LogP contribution in [0.15, 0.2) is 17.1 Å². The molecule has 3 heterocycles. The number of H-pyrrole nitrogens is 1. The Morgan fingerprint density at radius 3 is 2.74 bits per heavy atom. The number of hydrogen-bond acceptors (Lipinski definition) is 7. The van der Waals surface area contributed by atoms with E-state index in [1.165, 1.54) is 13.1 Å². The van der Waals surface area contributed by atoms with Crippen molar-refractivity contribution in [1.82, 2.24) is 9.97 Å². The predicted octanol–water partition coefficient (Wildman–Crippen LogP) is 1.86. The number of nitrogens with one attached hydrogen (secondary N) is 1. The number of piperidine rings is 1. The van der Waals surface area contributed by atoms with E-state index in [0.717, 1.165) is 12.8 Å². The fraction of sp³-hybridized carbons (Fsp3) is 0.474. The lowest BCUT2D eigenvalue weighted by atomic mass is 9.92. The number of hydrogen-bond donors (Lipinski definition) is 1. The molecular weight excluding hydrogens is 348 g/mol. The number of esters is 1. The van der Waals surface area contributed by atoms with E-state index in [4.69, 9.17) is 9.47 Å². The van der Waals surface area contributed by atoms with Crippen molar-refractivity contribution in [3.8, 4) is 6.07 Å². The molecule has 1 saturated heterocycles. The van der Waals surface area contributed by atoms with E-state index < -0.39 is 11.5 Å². The maximum Gasteiger partial charge on any atom is 0.303 e. The summed E-state index contributed by atoms with van der Waals surface area (Å²) in [6, 6.07) is 3.79. The van der Waals surface area contributed by atoms with Gasteiger partial charge in [0.1, 0.15) is 18.2 Å². The van der Waals surface area contributed by atoms with Gasteiger partial charge >= 0.3 is 5.97 Å². The van der Waals surface area contributed by atoms with Gasteiger partial charge in [-0.2, -0.15) is 5.26 Å². The number of aromatic amines is 1. The van der Waals surface area contributed by atoms with Crippen molar-refractivity contribution in [2.75, 3.05) is 25.1 Å². The standard InChI is InChI=1S/C19H22N4O4/c1-12(24)27-11-13-8-14-16(10-21-13)22-18(25)15(9-20)17(14)23-6-4-19(2,26-3)5-7-23/h8,10H,4-7,11H2,1-3H3,(H,22,25). The van der Waals surface area contributed by atoms with E-state index in [1.54, 1.807) is 13.2 Å². The number of anilines is 1. The van der Waals surface area contributed by atoms with E-state index in [-0.39, 0.29) is 17.8 Å². The van der Waals surface area contributed by atoms with Crippen LogP contribution in [0.2, 0.25) is 0 Å². The summed E-state index contributed by atoms with van der Waals surface area (Å²) < 4.78 is 10.6. The molecule has 0 saturated carbocycles. The lowest BCUT2D eigenvalue weighted by molar-refractivity contribution is -0.142. The first-order chi connectivity index (χ1) is 12.9. The minimum absolute atomic E-state index is 0.0352. The Kier molecular flexibility index (Phi) is 5.15. The highest BCUT2D eigenvalue weighted by atomic mass is 16.5. The van der Waals surface area contributed by atoms with E-state index in [1.807, 2.05) is 11.0 Å². The minimum atomic E-state index is -0.436. The zero-order valence-electron chi connectivity index (χ0n) is 15.7. The third kappa shape index (κ3) is 3.78. The predicted molar refractivity (Wildman–Crippen MR) is 99.4 cm³/mol. The van der Waals surface area contributed by atoms with Crippen LogP contribution >= 0.6 is 0 Å². The molecule has 3 rings (SSSR count). The van der Waals surface area contributed by atoms with Gasteiger partial charge in [0.25, 0.3) is 5.56 Å². The van der Waals surface area contributed by atoms with Gasteiger partial charge in [-0.15, -0.1) is 0 Å². The van der Waals surface area contributed by atoms with Crippen molar-refractivity contribution in [3.63, 3.8) is 0 Å². The van der Waals surface area contributed by atoms with E-state index in [0.29, 0.717) is 35.4 Å². The maximum atomic E-state index is 12.4. The molecule has 0 aliphatic carbocycles. The molecule has 8 nitrogen and oxygen atoms in total. The van der Waals surface area contributed by atoms with Crippen LogP contribution < -0.4 is 10.5 Å². The largest absolute Gasteiger partial charge is 0.459 e. The molecule has 1 aliphatic heterocycles. The van der Waals surface area contributed by atoms with E-state index in [2.05, 4.69) is 16.9 Å². The Labute approximate surface area is 156 Å². The van der Waals surface area contributed by atoms with Gasteiger partial charge in [0.2, 0.25) is 0 Å². The van der Waals surface area contributed by atoms with Crippen molar-refractivity contribution in [2.45, 2.75) is 38.9 Å². The minimum Gasteiger partial charge on any atom is -0.459 e. The summed E-state index contributed by atoms with van der Waals surface area (Å²) in [5, 5.41) is 10.3. The van der Waals surface area contributed by atoms with Crippen molar-refractivity contribution >= 4 is 22.6 Å². The second-order valence-electron chi connectivity index (χ2n) is 6.93. The first-order valence-electron chi connectivity index (χ1n) is 8.75. The lowest BCUT2D eigenvalue weighted by Crippen LogP contribution is -2.44. The molecule has 8 heteroatoms. The van der Waals surface area contributed by atoms with Crippen LogP contribution in [0.4, 0.5) is 5.69 Å². The van der Waals surface area contributed by atoms with Crippen molar-refractivity contribution < 1.29 is 14.3 Å². The van der Waals surface area contributed by atoms with Crippen LogP contribution in [-0.4, -0.2) is 41.7 Å². The summed E-state index contributed by atoms with van der Waals surface area (Å²) in [6.45, 7) is 4.76. The summed E-state index contributed by atoms with van der Waals surface area (Å²) >= 11 is 0. The summed E-state index contributed by atoms with van der Waals surface area (Å²) in [6.07, 6.45) is 3.10. The summed E-state index contributed by atoms with van der Waals surface area (Å²) in [5.41, 5.74) is 1.13. The first-order valence-corrected chi connectivity index (χ1v) is 8.75.